The summed E-state index contributed by atoms with van der Waals surface area (Å²) in [5.41, 5.74) is 0.700. The third-order valence-corrected chi connectivity index (χ3v) is 4.49. The highest BCUT2D eigenvalue weighted by Crippen LogP contribution is 2.29. The minimum Gasteiger partial charge on any atom is -0.309 e. The molecule has 2 rings (SSSR count). The van der Waals surface area contributed by atoms with Crippen molar-refractivity contribution in [3.8, 4) is 0 Å². The summed E-state index contributed by atoms with van der Waals surface area (Å²) in [5, 5.41) is 3.40. The van der Waals surface area contributed by atoms with Crippen molar-refractivity contribution in [2.24, 2.45) is 0 Å². The Morgan fingerprint density at radius 3 is 2.30 bits per heavy atom. The van der Waals surface area contributed by atoms with Crippen LogP contribution in [0.5, 0.6) is 0 Å². The molecule has 6 heteroatoms. The van der Waals surface area contributed by atoms with E-state index in [4.69, 9.17) is 11.6 Å². The second kappa shape index (κ2) is 6.32. The third kappa shape index (κ3) is 3.10. The van der Waals surface area contributed by atoms with E-state index in [1.54, 1.807) is 25.2 Å². The Bertz CT molecular complexity index is 649. The molecule has 20 heavy (non-hydrogen) atoms. The summed E-state index contributed by atoms with van der Waals surface area (Å²) >= 11 is 8.11. The Kier molecular flexibility index (Phi) is 4.93. The first-order valence-electron chi connectivity index (χ1n) is 5.70. The minimum absolute atomic E-state index is 0.0312. The van der Waals surface area contributed by atoms with Gasteiger partial charge in [-0.1, -0.05) is 17.7 Å². The lowest BCUT2D eigenvalue weighted by Gasteiger charge is -2.18. The van der Waals surface area contributed by atoms with Crippen LogP contribution in [0.1, 0.15) is 17.2 Å². The molecular formula is C14H10ClF3IN. The maximum atomic E-state index is 13.9. The highest BCUT2D eigenvalue weighted by atomic mass is 127. The van der Waals surface area contributed by atoms with Gasteiger partial charge in [0, 0.05) is 15.2 Å². The normalized spacial score (nSPS) is 12.5. The van der Waals surface area contributed by atoms with Crippen molar-refractivity contribution >= 4 is 34.2 Å². The van der Waals surface area contributed by atoms with Gasteiger partial charge < -0.3 is 5.32 Å². The average molecular weight is 412 g/mol. The van der Waals surface area contributed by atoms with Crippen molar-refractivity contribution in [3.63, 3.8) is 0 Å². The van der Waals surface area contributed by atoms with Crippen LogP contribution < -0.4 is 5.32 Å². The first kappa shape index (κ1) is 15.6. The third-order valence-electron chi connectivity index (χ3n) is 2.92. The van der Waals surface area contributed by atoms with Gasteiger partial charge in [0.05, 0.1) is 11.1 Å². The van der Waals surface area contributed by atoms with Crippen LogP contribution in [0.15, 0.2) is 30.3 Å². The number of hydrogen-bond donors (Lipinski definition) is 1. The molecule has 0 aliphatic carbocycles. The van der Waals surface area contributed by atoms with Crippen LogP contribution >= 0.6 is 34.2 Å². The molecule has 0 spiro atoms. The van der Waals surface area contributed by atoms with Gasteiger partial charge in [-0.15, -0.1) is 0 Å². The van der Waals surface area contributed by atoms with E-state index in [0.717, 1.165) is 9.64 Å². The van der Waals surface area contributed by atoms with Crippen LogP contribution in [0.4, 0.5) is 13.2 Å². The predicted octanol–water partition coefficient (Wildman–Crippen LogP) is 4.67. The molecule has 0 saturated carbocycles. The van der Waals surface area contributed by atoms with E-state index in [2.05, 4.69) is 27.9 Å². The molecule has 2 aromatic rings. The van der Waals surface area contributed by atoms with E-state index >= 15 is 0 Å². The molecule has 2 aromatic carbocycles. The van der Waals surface area contributed by atoms with Gasteiger partial charge >= 0.3 is 0 Å². The van der Waals surface area contributed by atoms with Crippen LogP contribution in [0.3, 0.4) is 0 Å². The molecule has 0 radical (unpaired) electrons. The summed E-state index contributed by atoms with van der Waals surface area (Å²) in [6.07, 6.45) is 0. The summed E-state index contributed by atoms with van der Waals surface area (Å²) in [6, 6.07) is 6.00. The summed E-state index contributed by atoms with van der Waals surface area (Å²) in [6.45, 7) is 0. The average Bonchev–Trinajstić information content (AvgIpc) is 2.40. The van der Waals surface area contributed by atoms with Gasteiger partial charge in [0.2, 0.25) is 0 Å². The Hall–Kier alpha value is -0.790. The summed E-state index contributed by atoms with van der Waals surface area (Å²) in [4.78, 5) is 0. The molecule has 0 heterocycles. The van der Waals surface area contributed by atoms with Crippen LogP contribution in [0.25, 0.3) is 0 Å². The van der Waals surface area contributed by atoms with Gasteiger partial charge in [-0.3, -0.25) is 0 Å². The number of benzene rings is 2. The monoisotopic (exact) mass is 411 g/mol. The van der Waals surface area contributed by atoms with Crippen molar-refractivity contribution in [2.45, 2.75) is 6.04 Å². The van der Waals surface area contributed by atoms with Gasteiger partial charge in [-0.2, -0.15) is 0 Å². The quantitative estimate of drug-likeness (QED) is 0.572. The van der Waals surface area contributed by atoms with E-state index < -0.39 is 23.5 Å². The fourth-order valence-electron chi connectivity index (χ4n) is 1.95. The van der Waals surface area contributed by atoms with Crippen LogP contribution in [-0.4, -0.2) is 7.05 Å². The minimum atomic E-state index is -1.21. The Morgan fingerprint density at radius 1 is 1.05 bits per heavy atom. The lowest BCUT2D eigenvalue weighted by Crippen LogP contribution is -2.19. The molecule has 106 valence electrons. The fourth-order valence-corrected chi connectivity index (χ4v) is 2.48. The van der Waals surface area contributed by atoms with E-state index in [9.17, 15) is 13.2 Å². The number of hydrogen-bond acceptors (Lipinski definition) is 1. The Morgan fingerprint density at radius 2 is 1.70 bits per heavy atom. The molecule has 1 N–H and O–H groups in total. The second-order valence-electron chi connectivity index (χ2n) is 4.18. The van der Waals surface area contributed by atoms with Crippen molar-refractivity contribution in [1.29, 1.82) is 0 Å². The van der Waals surface area contributed by atoms with Gasteiger partial charge in [0.1, 0.15) is 5.82 Å². The smallest absolute Gasteiger partial charge is 0.161 e. The summed E-state index contributed by atoms with van der Waals surface area (Å²) in [7, 11) is 1.61. The molecule has 0 fully saturated rings. The lowest BCUT2D eigenvalue weighted by molar-refractivity contribution is 0.483. The lowest BCUT2D eigenvalue weighted by atomic mass is 9.98. The van der Waals surface area contributed by atoms with Crippen molar-refractivity contribution in [2.75, 3.05) is 7.05 Å². The van der Waals surface area contributed by atoms with Crippen molar-refractivity contribution < 1.29 is 13.2 Å². The number of rotatable bonds is 3. The van der Waals surface area contributed by atoms with Gasteiger partial charge in [-0.05, 0) is 53.4 Å². The summed E-state index contributed by atoms with van der Waals surface area (Å²) in [5.74, 6) is -3.10. The van der Waals surface area contributed by atoms with E-state index in [0.29, 0.717) is 16.7 Å². The molecule has 1 nitrogen and oxygen atoms in total. The van der Waals surface area contributed by atoms with E-state index in [-0.39, 0.29) is 5.56 Å². The summed E-state index contributed by atoms with van der Waals surface area (Å²) < 4.78 is 41.0. The van der Waals surface area contributed by atoms with E-state index in [1.165, 1.54) is 0 Å². The molecule has 0 bridgehead atoms. The zero-order valence-corrected chi connectivity index (χ0v) is 13.3. The molecular weight excluding hydrogens is 402 g/mol. The molecule has 0 saturated heterocycles. The highest BCUT2D eigenvalue weighted by Gasteiger charge is 2.19. The fraction of sp³-hybridized carbons (Fsp3) is 0.143. The predicted molar refractivity (Wildman–Crippen MR) is 81.4 cm³/mol. The Labute approximate surface area is 133 Å². The van der Waals surface area contributed by atoms with Crippen LogP contribution in [0, 0.1) is 21.0 Å². The standard InChI is InChI=1S/C14H10ClF3IN/c1-20-14(7-2-3-13(19)9(15)4-7)8-5-11(17)12(18)6-10(8)16/h2-6,14,20H,1H3. The molecule has 0 amide bonds. The van der Waals surface area contributed by atoms with Crippen LogP contribution in [-0.2, 0) is 0 Å². The van der Waals surface area contributed by atoms with Gasteiger partial charge in [-0.25, -0.2) is 13.2 Å². The molecule has 1 atom stereocenters. The molecule has 1 unspecified atom stereocenters. The number of nitrogens with one attached hydrogen (secondary N) is 1. The zero-order valence-electron chi connectivity index (χ0n) is 10.4. The van der Waals surface area contributed by atoms with Crippen molar-refractivity contribution in [1.82, 2.24) is 5.32 Å². The largest absolute Gasteiger partial charge is 0.309 e. The molecule has 0 aromatic heterocycles. The maximum Gasteiger partial charge on any atom is 0.161 e. The highest BCUT2D eigenvalue weighted by molar-refractivity contribution is 14.1. The first-order chi connectivity index (χ1) is 9.43. The van der Waals surface area contributed by atoms with E-state index in [1.807, 2.05) is 0 Å². The topological polar surface area (TPSA) is 12.0 Å². The maximum absolute atomic E-state index is 13.9. The van der Waals surface area contributed by atoms with Crippen molar-refractivity contribution in [3.05, 3.63) is 67.5 Å². The van der Waals surface area contributed by atoms with Crippen LogP contribution in [0.2, 0.25) is 5.02 Å². The first-order valence-corrected chi connectivity index (χ1v) is 7.16. The number of halogens is 5. The zero-order chi connectivity index (χ0) is 14.9. The SMILES string of the molecule is CNC(c1ccc(I)c(Cl)c1)c1cc(F)c(F)cc1F. The van der Waals surface area contributed by atoms with Gasteiger partial charge in [0.25, 0.3) is 0 Å². The molecule has 0 aliphatic rings. The Balaban J connectivity index is 2.52. The second-order valence-corrected chi connectivity index (χ2v) is 5.75. The van der Waals surface area contributed by atoms with Gasteiger partial charge in [0.15, 0.2) is 11.6 Å². The molecule has 0 aliphatic heterocycles.